The number of Topliss-reactive ketones (excluding diaryl/α,β-unsaturated/α-hetero) is 1. The van der Waals surface area contributed by atoms with Crippen molar-refractivity contribution in [2.24, 2.45) is 11.0 Å². The van der Waals surface area contributed by atoms with Gasteiger partial charge in [0.05, 0.1) is 30.3 Å². The molecule has 4 rings (SSSR count). The molecule has 1 aliphatic heterocycles. The van der Waals surface area contributed by atoms with Gasteiger partial charge in [0.2, 0.25) is 5.89 Å². The first-order valence-corrected chi connectivity index (χ1v) is 10.2. The van der Waals surface area contributed by atoms with E-state index in [1.165, 1.54) is 37.8 Å². The van der Waals surface area contributed by atoms with E-state index in [1.807, 2.05) is 0 Å². The van der Waals surface area contributed by atoms with E-state index in [2.05, 4.69) is 10.1 Å². The van der Waals surface area contributed by atoms with Gasteiger partial charge < -0.3 is 9.15 Å². The van der Waals surface area contributed by atoms with Gasteiger partial charge in [-0.2, -0.15) is 10.1 Å². The summed E-state index contributed by atoms with van der Waals surface area (Å²) in [5.41, 5.74) is 1.49. The van der Waals surface area contributed by atoms with Crippen LogP contribution in [-0.4, -0.2) is 29.5 Å². The minimum atomic E-state index is -3.02. The van der Waals surface area contributed by atoms with Gasteiger partial charge in [-0.25, -0.2) is 13.8 Å². The second-order valence-electron chi connectivity index (χ2n) is 7.78. The van der Waals surface area contributed by atoms with Gasteiger partial charge in [0, 0.05) is 18.9 Å². The Morgan fingerprint density at radius 2 is 2.03 bits per heavy atom. The molecule has 7 nitrogen and oxygen atoms in total. The summed E-state index contributed by atoms with van der Waals surface area (Å²) in [6, 6.07) is 10.6. The van der Waals surface area contributed by atoms with Gasteiger partial charge in [0.15, 0.2) is 5.78 Å². The second kappa shape index (κ2) is 8.57. The van der Waals surface area contributed by atoms with E-state index in [0.717, 1.165) is 11.9 Å². The fourth-order valence-electron chi connectivity index (χ4n) is 3.73. The zero-order chi connectivity index (χ0) is 23.8. The number of hydrazone groups is 1. The van der Waals surface area contributed by atoms with Crippen molar-refractivity contribution in [3.8, 4) is 17.2 Å². The molecular weight excluding hydrogens is 432 g/mol. The predicted octanol–water partition coefficient (Wildman–Crippen LogP) is 4.61. The van der Waals surface area contributed by atoms with Gasteiger partial charge in [-0.05, 0) is 36.8 Å². The van der Waals surface area contributed by atoms with E-state index in [-0.39, 0.29) is 12.0 Å². The topological polar surface area (TPSA) is 85.0 Å². The number of nitrogens with zero attached hydrogens (tertiary/aromatic N) is 3. The normalized spacial score (nSPS) is 16.2. The molecule has 170 valence electrons. The van der Waals surface area contributed by atoms with Crippen LogP contribution in [0, 0.1) is 5.92 Å². The maximum atomic E-state index is 13.6. The summed E-state index contributed by atoms with van der Waals surface area (Å²) in [6.45, 7) is 2.39. The van der Waals surface area contributed by atoms with Crippen LogP contribution < -0.4 is 9.75 Å². The lowest BCUT2D eigenvalue weighted by atomic mass is 9.93. The molecule has 2 heterocycles. The molecule has 0 spiro atoms. The lowest BCUT2D eigenvalue weighted by Crippen LogP contribution is -2.33. The summed E-state index contributed by atoms with van der Waals surface area (Å²) in [5.74, 6) is -4.25. The third-order valence-corrected chi connectivity index (χ3v) is 5.36. The van der Waals surface area contributed by atoms with Crippen molar-refractivity contribution >= 4 is 23.1 Å². The number of halogens is 2. The van der Waals surface area contributed by atoms with Crippen LogP contribution in [0.1, 0.15) is 25.0 Å². The zero-order valence-electron chi connectivity index (χ0n) is 18.2. The lowest BCUT2D eigenvalue weighted by molar-refractivity contribution is -0.128. The Kier molecular flexibility index (Phi) is 5.80. The van der Waals surface area contributed by atoms with Gasteiger partial charge in [-0.3, -0.25) is 9.59 Å². The van der Waals surface area contributed by atoms with E-state index in [1.54, 1.807) is 31.2 Å². The van der Waals surface area contributed by atoms with E-state index in [9.17, 15) is 18.4 Å². The number of ketones is 1. The molecule has 1 aliphatic rings. The van der Waals surface area contributed by atoms with E-state index >= 15 is 0 Å². The summed E-state index contributed by atoms with van der Waals surface area (Å²) in [6.07, 6.45) is 2.75. The third kappa shape index (κ3) is 4.39. The second-order valence-corrected chi connectivity index (χ2v) is 7.78. The number of aromatic nitrogens is 1. The molecule has 0 bridgehead atoms. The minimum Gasteiger partial charge on any atom is -0.496 e. The monoisotopic (exact) mass is 453 g/mol. The highest BCUT2D eigenvalue weighted by atomic mass is 19.3. The highest BCUT2D eigenvalue weighted by Crippen LogP contribution is 2.35. The number of benzene rings is 2. The van der Waals surface area contributed by atoms with Crippen LogP contribution in [0.5, 0.6) is 5.75 Å². The Labute approximate surface area is 188 Å². The number of oxazole rings is 1. The Balaban J connectivity index is 1.58. The standard InChI is InChI=1S/C24H21F2N3O4/c1-14-21(19(30)12-15-5-4-6-16(11-15)24(2,25)26)23(31)29(28-14)17-7-8-20(32-3)18(13-17)22-27-9-10-33-22/h4-11,13,21H,12H2,1-3H3. The van der Waals surface area contributed by atoms with Crippen molar-refractivity contribution in [3.63, 3.8) is 0 Å². The average Bonchev–Trinajstić information content (AvgIpc) is 3.41. The van der Waals surface area contributed by atoms with Crippen molar-refractivity contribution in [1.29, 1.82) is 0 Å². The molecule has 0 saturated heterocycles. The number of hydrogen-bond acceptors (Lipinski definition) is 6. The molecule has 33 heavy (non-hydrogen) atoms. The van der Waals surface area contributed by atoms with Crippen molar-refractivity contribution < 1.29 is 27.5 Å². The molecule has 2 aromatic carbocycles. The number of hydrogen-bond donors (Lipinski definition) is 0. The van der Waals surface area contributed by atoms with Gasteiger partial charge >= 0.3 is 0 Å². The molecule has 1 aromatic heterocycles. The molecular formula is C24H21F2N3O4. The van der Waals surface area contributed by atoms with Crippen LogP contribution >= 0.6 is 0 Å². The fourth-order valence-corrected chi connectivity index (χ4v) is 3.73. The molecule has 1 amide bonds. The molecule has 1 unspecified atom stereocenters. The SMILES string of the molecule is COc1ccc(N2N=C(C)C(C(=O)Cc3cccc(C(C)(F)F)c3)C2=O)cc1-c1ncco1. The summed E-state index contributed by atoms with van der Waals surface area (Å²) in [7, 11) is 1.50. The number of alkyl halides is 2. The summed E-state index contributed by atoms with van der Waals surface area (Å²) in [4.78, 5) is 30.2. The summed E-state index contributed by atoms with van der Waals surface area (Å²) < 4.78 is 38.0. The molecule has 0 N–H and O–H groups in total. The van der Waals surface area contributed by atoms with Gasteiger partial charge in [-0.1, -0.05) is 18.2 Å². The van der Waals surface area contributed by atoms with Crippen LogP contribution in [-0.2, 0) is 21.9 Å². The van der Waals surface area contributed by atoms with Crippen molar-refractivity contribution in [3.05, 3.63) is 66.1 Å². The quantitative estimate of drug-likeness (QED) is 0.488. The number of amides is 1. The van der Waals surface area contributed by atoms with Crippen LogP contribution in [0.25, 0.3) is 11.5 Å². The number of carbonyl (C=O) groups excluding carboxylic acids is 2. The molecule has 0 fully saturated rings. The predicted molar refractivity (Wildman–Crippen MR) is 117 cm³/mol. The van der Waals surface area contributed by atoms with Crippen LogP contribution in [0.3, 0.4) is 0 Å². The van der Waals surface area contributed by atoms with E-state index < -0.39 is 23.5 Å². The van der Waals surface area contributed by atoms with Crippen LogP contribution in [0.2, 0.25) is 0 Å². The Morgan fingerprint density at radius 3 is 2.70 bits per heavy atom. The van der Waals surface area contributed by atoms with Gasteiger partial charge in [-0.15, -0.1) is 0 Å². The van der Waals surface area contributed by atoms with E-state index in [0.29, 0.717) is 34.2 Å². The van der Waals surface area contributed by atoms with Gasteiger partial charge in [0.1, 0.15) is 17.9 Å². The van der Waals surface area contributed by atoms with Crippen molar-refractivity contribution in [1.82, 2.24) is 4.98 Å². The first kappa shape index (κ1) is 22.3. The molecule has 0 saturated carbocycles. The number of anilines is 1. The van der Waals surface area contributed by atoms with Gasteiger partial charge in [0.25, 0.3) is 11.8 Å². The lowest BCUT2D eigenvalue weighted by Gasteiger charge is -2.16. The first-order chi connectivity index (χ1) is 15.7. The fraction of sp³-hybridized carbons (Fsp3) is 0.250. The number of rotatable bonds is 7. The first-order valence-electron chi connectivity index (χ1n) is 10.2. The average molecular weight is 453 g/mol. The van der Waals surface area contributed by atoms with E-state index in [4.69, 9.17) is 9.15 Å². The number of carbonyl (C=O) groups is 2. The smallest absolute Gasteiger partial charge is 0.270 e. The third-order valence-electron chi connectivity index (χ3n) is 5.36. The highest BCUT2D eigenvalue weighted by molar-refractivity contribution is 6.27. The highest BCUT2D eigenvalue weighted by Gasteiger charge is 2.39. The Bertz CT molecular complexity index is 1230. The molecule has 0 aliphatic carbocycles. The van der Waals surface area contributed by atoms with Crippen LogP contribution in [0.15, 0.2) is 64.4 Å². The van der Waals surface area contributed by atoms with Crippen molar-refractivity contribution in [2.45, 2.75) is 26.2 Å². The van der Waals surface area contributed by atoms with Crippen molar-refractivity contribution in [2.75, 3.05) is 12.1 Å². The molecule has 0 radical (unpaired) electrons. The zero-order valence-corrected chi connectivity index (χ0v) is 18.2. The Hall–Kier alpha value is -3.88. The summed E-state index contributed by atoms with van der Waals surface area (Å²) in [5, 5.41) is 5.44. The van der Waals surface area contributed by atoms with Crippen LogP contribution in [0.4, 0.5) is 14.5 Å². The number of ether oxygens (including phenoxy) is 1. The minimum absolute atomic E-state index is 0.162. The summed E-state index contributed by atoms with van der Waals surface area (Å²) >= 11 is 0. The largest absolute Gasteiger partial charge is 0.496 e. The number of methoxy groups -OCH3 is 1. The Morgan fingerprint density at radius 1 is 1.24 bits per heavy atom. The molecule has 1 atom stereocenters. The maximum Gasteiger partial charge on any atom is 0.270 e. The molecule has 3 aromatic rings. The molecule has 9 heteroatoms. The maximum absolute atomic E-state index is 13.6.